The summed E-state index contributed by atoms with van der Waals surface area (Å²) in [7, 11) is 1.65. The predicted octanol–water partition coefficient (Wildman–Crippen LogP) is 5.18. The number of carbonyl (C=O) groups excluding carboxylic acids is 1. The first-order chi connectivity index (χ1) is 19.2. The number of H-pyrrole nitrogens is 1. The number of methoxy groups -OCH3 is 1. The molecule has 2 N–H and O–H groups in total. The average molecular weight is 556 g/mol. The summed E-state index contributed by atoms with van der Waals surface area (Å²) in [6.07, 6.45) is 7.27. The van der Waals surface area contributed by atoms with Crippen LogP contribution in [-0.2, 0) is 9.59 Å². The van der Waals surface area contributed by atoms with Gasteiger partial charge < -0.3 is 19.7 Å². The minimum absolute atomic E-state index is 0.0424. The minimum Gasteiger partial charge on any atom is -0.497 e. The molecule has 1 aromatic heterocycles. The van der Waals surface area contributed by atoms with Gasteiger partial charge in [-0.05, 0) is 98.1 Å². The highest BCUT2D eigenvalue weighted by Crippen LogP contribution is 2.36. The number of hydrogen-bond acceptors (Lipinski definition) is 4. The lowest BCUT2D eigenvalue weighted by molar-refractivity contribution is -0.147. The molecule has 0 radical (unpaired) electrons. The summed E-state index contributed by atoms with van der Waals surface area (Å²) in [5.41, 5.74) is 2.32. The Kier molecular flexibility index (Phi) is 8.16. The number of amides is 1. The standard InChI is InChI=1S/C30H32F3N3O4/c1-40-21-3-4-26-22(16-21)23(17-34-26)19-6-12-36(13-7-19)29(30(38)39)20-8-10-35(11-9-20)27(37)5-2-18-14-24(31)28(33)25(32)15-18/h2-5,14-17,19-20,29,34H,6-13H2,1H3,(H,38,39)/b5-2+. The van der Waals surface area contributed by atoms with E-state index in [9.17, 15) is 27.9 Å². The maximum atomic E-state index is 13.4. The molecule has 1 amide bonds. The molecule has 1 atom stereocenters. The summed E-state index contributed by atoms with van der Waals surface area (Å²) < 4.78 is 45.4. The number of nitrogens with one attached hydrogen (secondary N) is 1. The van der Waals surface area contributed by atoms with Gasteiger partial charge in [-0.15, -0.1) is 0 Å². The van der Waals surface area contributed by atoms with Gasteiger partial charge in [0.25, 0.3) is 0 Å². The Balaban J connectivity index is 1.17. The quantitative estimate of drug-likeness (QED) is 0.310. The second kappa shape index (κ2) is 11.8. The molecule has 2 saturated heterocycles. The van der Waals surface area contributed by atoms with E-state index in [1.54, 1.807) is 12.0 Å². The highest BCUT2D eigenvalue weighted by atomic mass is 19.2. The number of nitrogens with zero attached hydrogens (tertiary/aromatic N) is 2. The van der Waals surface area contributed by atoms with Gasteiger partial charge in [0.05, 0.1) is 7.11 Å². The fourth-order valence-corrected chi connectivity index (χ4v) is 6.11. The van der Waals surface area contributed by atoms with Gasteiger partial charge in [0, 0.05) is 36.3 Å². The molecule has 2 fully saturated rings. The normalized spacial score (nSPS) is 18.4. The number of fused-ring (bicyclic) bond motifs is 1. The van der Waals surface area contributed by atoms with Crippen molar-refractivity contribution in [3.63, 3.8) is 0 Å². The molecule has 212 valence electrons. The van der Waals surface area contributed by atoms with Crippen LogP contribution in [0.25, 0.3) is 17.0 Å². The van der Waals surface area contributed by atoms with E-state index in [1.165, 1.54) is 17.7 Å². The zero-order valence-corrected chi connectivity index (χ0v) is 22.2. The number of ether oxygens (including phenoxy) is 1. The number of hydrogen-bond donors (Lipinski definition) is 2. The summed E-state index contributed by atoms with van der Waals surface area (Å²) >= 11 is 0. The van der Waals surface area contributed by atoms with Crippen LogP contribution in [0.5, 0.6) is 5.75 Å². The SMILES string of the molecule is COc1ccc2[nH]cc(C3CCN(C(C(=O)O)C4CCN(C(=O)/C=C/c5cc(F)c(F)c(F)c5)CC4)CC3)c2c1. The first kappa shape index (κ1) is 27.8. The molecule has 0 spiro atoms. The number of piperidine rings is 2. The molecule has 2 aliphatic rings. The molecule has 5 rings (SSSR count). The van der Waals surface area contributed by atoms with Crippen LogP contribution in [0.15, 0.2) is 42.6 Å². The summed E-state index contributed by atoms with van der Waals surface area (Å²) in [6.45, 7) is 2.12. The molecular formula is C30H32F3N3O4. The number of aromatic amines is 1. The Morgan fingerprint density at radius 2 is 1.70 bits per heavy atom. The van der Waals surface area contributed by atoms with Crippen molar-refractivity contribution >= 4 is 28.9 Å². The van der Waals surface area contributed by atoms with Gasteiger partial charge in [0.2, 0.25) is 5.91 Å². The van der Waals surface area contributed by atoms with Gasteiger partial charge in [0.15, 0.2) is 17.5 Å². The predicted molar refractivity (Wildman–Crippen MR) is 144 cm³/mol. The number of halogens is 3. The van der Waals surface area contributed by atoms with E-state index in [4.69, 9.17) is 4.74 Å². The van der Waals surface area contributed by atoms with E-state index in [-0.39, 0.29) is 17.4 Å². The molecule has 1 unspecified atom stereocenters. The van der Waals surface area contributed by atoms with Crippen molar-refractivity contribution in [2.24, 2.45) is 5.92 Å². The minimum atomic E-state index is -1.55. The van der Waals surface area contributed by atoms with Crippen molar-refractivity contribution in [3.05, 3.63) is 71.2 Å². The van der Waals surface area contributed by atoms with Crippen LogP contribution in [0.1, 0.15) is 42.7 Å². The molecule has 2 aliphatic heterocycles. The van der Waals surface area contributed by atoms with Crippen LogP contribution in [0.2, 0.25) is 0 Å². The number of likely N-dealkylation sites (tertiary alicyclic amines) is 2. The molecule has 0 bridgehead atoms. The zero-order valence-electron chi connectivity index (χ0n) is 22.2. The van der Waals surface area contributed by atoms with Crippen LogP contribution < -0.4 is 4.74 Å². The van der Waals surface area contributed by atoms with Gasteiger partial charge in [-0.1, -0.05) is 0 Å². The highest BCUT2D eigenvalue weighted by Gasteiger charge is 2.38. The van der Waals surface area contributed by atoms with Crippen LogP contribution in [0.3, 0.4) is 0 Å². The largest absolute Gasteiger partial charge is 0.497 e. The van der Waals surface area contributed by atoms with Crippen molar-refractivity contribution in [2.75, 3.05) is 33.3 Å². The lowest BCUT2D eigenvalue weighted by Crippen LogP contribution is -2.52. The highest BCUT2D eigenvalue weighted by molar-refractivity contribution is 5.92. The van der Waals surface area contributed by atoms with Gasteiger partial charge >= 0.3 is 5.97 Å². The Morgan fingerprint density at radius 1 is 1.02 bits per heavy atom. The summed E-state index contributed by atoms with van der Waals surface area (Å²) in [5, 5.41) is 11.3. The number of benzene rings is 2. The Morgan fingerprint density at radius 3 is 2.33 bits per heavy atom. The molecule has 0 aliphatic carbocycles. The molecule has 3 heterocycles. The van der Waals surface area contributed by atoms with Gasteiger partial charge in [-0.3, -0.25) is 14.5 Å². The van der Waals surface area contributed by atoms with Gasteiger partial charge in [0.1, 0.15) is 11.8 Å². The van der Waals surface area contributed by atoms with Crippen molar-refractivity contribution in [3.8, 4) is 5.75 Å². The third-order valence-corrected chi connectivity index (χ3v) is 8.26. The van der Waals surface area contributed by atoms with E-state index in [2.05, 4.69) is 9.88 Å². The second-order valence-corrected chi connectivity index (χ2v) is 10.5. The van der Waals surface area contributed by atoms with Gasteiger partial charge in [-0.2, -0.15) is 0 Å². The van der Waals surface area contributed by atoms with Crippen LogP contribution in [0, 0.1) is 23.4 Å². The molecule has 2 aromatic carbocycles. The molecular weight excluding hydrogens is 523 g/mol. The van der Waals surface area contributed by atoms with Crippen LogP contribution in [0.4, 0.5) is 13.2 Å². The third-order valence-electron chi connectivity index (χ3n) is 8.26. The maximum absolute atomic E-state index is 13.4. The van der Waals surface area contributed by atoms with Gasteiger partial charge in [-0.25, -0.2) is 13.2 Å². The van der Waals surface area contributed by atoms with E-state index in [0.717, 1.165) is 41.6 Å². The fraction of sp³-hybridized carbons (Fsp3) is 0.400. The van der Waals surface area contributed by atoms with Crippen molar-refractivity contribution in [1.82, 2.24) is 14.8 Å². The summed E-state index contributed by atoms with van der Waals surface area (Å²) in [4.78, 5) is 32.0. The number of carboxylic acid groups (broad SMARTS) is 1. The number of rotatable bonds is 7. The molecule has 3 aromatic rings. The average Bonchev–Trinajstić information content (AvgIpc) is 3.38. The smallest absolute Gasteiger partial charge is 0.321 e. The lowest BCUT2D eigenvalue weighted by Gasteiger charge is -2.41. The summed E-state index contributed by atoms with van der Waals surface area (Å²) in [6, 6.07) is 6.99. The van der Waals surface area contributed by atoms with E-state index >= 15 is 0 Å². The topological polar surface area (TPSA) is 85.9 Å². The van der Waals surface area contributed by atoms with Crippen molar-refractivity contribution < 1.29 is 32.6 Å². The number of carbonyl (C=O) groups is 2. The Labute approximate surface area is 230 Å². The number of carboxylic acids is 1. The fourth-order valence-electron chi connectivity index (χ4n) is 6.11. The molecule has 40 heavy (non-hydrogen) atoms. The monoisotopic (exact) mass is 555 g/mol. The number of aliphatic carboxylic acids is 1. The maximum Gasteiger partial charge on any atom is 0.321 e. The number of aromatic nitrogens is 1. The first-order valence-electron chi connectivity index (χ1n) is 13.5. The molecule has 10 heteroatoms. The lowest BCUT2D eigenvalue weighted by atomic mass is 9.84. The van der Waals surface area contributed by atoms with Crippen molar-refractivity contribution in [1.29, 1.82) is 0 Å². The van der Waals surface area contributed by atoms with E-state index in [1.807, 2.05) is 24.4 Å². The Bertz CT molecular complexity index is 1400. The second-order valence-electron chi connectivity index (χ2n) is 10.5. The first-order valence-corrected chi connectivity index (χ1v) is 13.5. The van der Waals surface area contributed by atoms with Crippen LogP contribution in [-0.4, -0.2) is 71.1 Å². The van der Waals surface area contributed by atoms with Crippen LogP contribution >= 0.6 is 0 Å². The molecule has 7 nitrogen and oxygen atoms in total. The third kappa shape index (κ3) is 5.72. The van der Waals surface area contributed by atoms with E-state index < -0.39 is 29.5 Å². The molecule has 0 saturated carbocycles. The zero-order chi connectivity index (χ0) is 28.4. The van der Waals surface area contributed by atoms with E-state index in [0.29, 0.717) is 44.9 Å². The van der Waals surface area contributed by atoms with Crippen molar-refractivity contribution in [2.45, 2.75) is 37.6 Å². The Hall–Kier alpha value is -3.79. The summed E-state index contributed by atoms with van der Waals surface area (Å²) in [5.74, 6) is -4.36.